The smallest absolute Gasteiger partial charge is 0.410 e. The van der Waals surface area contributed by atoms with Gasteiger partial charge >= 0.3 is 6.09 Å². The predicted molar refractivity (Wildman–Crippen MR) is 224 cm³/mol. The maximum absolute atomic E-state index is 14.9. The second-order valence-corrected chi connectivity index (χ2v) is 15.8. The van der Waals surface area contributed by atoms with Crippen LogP contribution in [-0.2, 0) is 33.0 Å². The molecule has 3 aromatic carbocycles. The highest BCUT2D eigenvalue weighted by Crippen LogP contribution is 2.36. The van der Waals surface area contributed by atoms with E-state index in [-0.39, 0.29) is 17.9 Å². The molecule has 3 amide bonds. The molecule has 56 heavy (non-hydrogen) atoms. The van der Waals surface area contributed by atoms with Crippen molar-refractivity contribution in [1.29, 1.82) is 0 Å². The SMILES string of the molecule is CCCCN(CCCC)C(=O)c1cc(-c2cc3c(cc2C(=O)N2Cc4ccccc4C[C@H]2C)CN(C(=O)Oc2cccc(NCCN(C)C)c2)CC3)n(C)c1C. The minimum absolute atomic E-state index is 0.00105. The number of hydrogen-bond acceptors (Lipinski definition) is 6. The lowest BCUT2D eigenvalue weighted by Gasteiger charge is -2.36. The van der Waals surface area contributed by atoms with E-state index in [1.165, 1.54) is 5.56 Å². The Kier molecular flexibility index (Phi) is 13.2. The lowest BCUT2D eigenvalue weighted by atomic mass is 9.90. The van der Waals surface area contributed by atoms with Crippen molar-refractivity contribution in [3.8, 4) is 17.0 Å². The number of nitrogens with zero attached hydrogens (tertiary/aromatic N) is 5. The molecule has 2 aliphatic rings. The second kappa shape index (κ2) is 18.2. The number of likely N-dealkylation sites (N-methyl/N-ethyl adjacent to an activating group) is 1. The van der Waals surface area contributed by atoms with Crippen LogP contribution in [0.1, 0.15) is 95.1 Å². The molecule has 2 aliphatic heterocycles. The Balaban J connectivity index is 1.33. The van der Waals surface area contributed by atoms with E-state index in [2.05, 4.69) is 59.8 Å². The van der Waals surface area contributed by atoms with Gasteiger partial charge < -0.3 is 34.2 Å². The Morgan fingerprint density at radius 3 is 2.29 bits per heavy atom. The molecule has 0 unspecified atom stereocenters. The molecule has 4 aromatic rings. The highest BCUT2D eigenvalue weighted by Gasteiger charge is 2.33. The van der Waals surface area contributed by atoms with Crippen molar-refractivity contribution in [2.45, 2.75) is 85.4 Å². The highest BCUT2D eigenvalue weighted by atomic mass is 16.6. The number of anilines is 1. The molecule has 0 bridgehead atoms. The quantitative estimate of drug-likeness (QED) is 0.140. The van der Waals surface area contributed by atoms with Gasteiger partial charge in [-0.3, -0.25) is 9.59 Å². The van der Waals surface area contributed by atoms with Crippen molar-refractivity contribution in [3.05, 3.63) is 106 Å². The van der Waals surface area contributed by atoms with Crippen LogP contribution in [-0.4, -0.2) is 94.9 Å². The molecule has 1 aromatic heterocycles. The molecule has 1 N–H and O–H groups in total. The number of hydrogen-bond donors (Lipinski definition) is 1. The lowest BCUT2D eigenvalue weighted by molar-refractivity contribution is 0.0658. The third-order valence-corrected chi connectivity index (χ3v) is 11.4. The summed E-state index contributed by atoms with van der Waals surface area (Å²) in [5, 5.41) is 3.38. The molecule has 0 fully saturated rings. The van der Waals surface area contributed by atoms with E-state index in [4.69, 9.17) is 4.74 Å². The molecule has 0 saturated heterocycles. The number of carbonyl (C=O) groups excluding carboxylic acids is 3. The van der Waals surface area contributed by atoms with Crippen LogP contribution in [0.4, 0.5) is 10.5 Å². The summed E-state index contributed by atoms with van der Waals surface area (Å²) in [6.45, 7) is 12.9. The van der Waals surface area contributed by atoms with Gasteiger partial charge in [0.25, 0.3) is 11.8 Å². The molecule has 3 heterocycles. The fraction of sp³-hybridized carbons (Fsp3) is 0.457. The summed E-state index contributed by atoms with van der Waals surface area (Å²) in [6.07, 6.45) is 4.93. The van der Waals surface area contributed by atoms with Gasteiger partial charge in [-0.2, -0.15) is 0 Å². The van der Waals surface area contributed by atoms with Crippen LogP contribution in [0.3, 0.4) is 0 Å². The first-order valence-electron chi connectivity index (χ1n) is 20.4. The van der Waals surface area contributed by atoms with Crippen LogP contribution >= 0.6 is 0 Å². The van der Waals surface area contributed by atoms with Crippen molar-refractivity contribution in [3.63, 3.8) is 0 Å². The molecule has 1 atom stereocenters. The fourth-order valence-electron chi connectivity index (χ4n) is 7.88. The zero-order valence-electron chi connectivity index (χ0n) is 34.5. The normalized spacial score (nSPS) is 15.0. The van der Waals surface area contributed by atoms with E-state index in [0.29, 0.717) is 42.9 Å². The number of aromatic nitrogens is 1. The van der Waals surface area contributed by atoms with Gasteiger partial charge in [0, 0.05) is 93.2 Å². The van der Waals surface area contributed by atoms with Crippen molar-refractivity contribution in [1.82, 2.24) is 24.2 Å². The lowest BCUT2D eigenvalue weighted by Crippen LogP contribution is -2.43. The molecule has 0 aliphatic carbocycles. The number of nitrogens with one attached hydrogen (secondary N) is 1. The zero-order chi connectivity index (χ0) is 39.9. The minimum Gasteiger partial charge on any atom is -0.410 e. The number of fused-ring (bicyclic) bond motifs is 2. The molecule has 10 nitrogen and oxygen atoms in total. The Bertz CT molecular complexity index is 2030. The van der Waals surface area contributed by atoms with Gasteiger partial charge in [-0.15, -0.1) is 0 Å². The van der Waals surface area contributed by atoms with Crippen LogP contribution in [0, 0.1) is 6.92 Å². The number of amides is 3. The van der Waals surface area contributed by atoms with Gasteiger partial charge in [0.1, 0.15) is 5.75 Å². The van der Waals surface area contributed by atoms with Crippen LogP contribution < -0.4 is 10.1 Å². The fourth-order valence-corrected chi connectivity index (χ4v) is 7.88. The predicted octanol–water partition coefficient (Wildman–Crippen LogP) is 8.16. The summed E-state index contributed by atoms with van der Waals surface area (Å²) in [6, 6.07) is 21.9. The number of ether oxygens (including phenoxy) is 1. The van der Waals surface area contributed by atoms with Gasteiger partial charge in [-0.1, -0.05) is 57.0 Å². The maximum Gasteiger partial charge on any atom is 0.415 e. The Labute approximate surface area is 333 Å². The molecule has 6 rings (SSSR count). The topological polar surface area (TPSA) is 90.4 Å². The summed E-state index contributed by atoms with van der Waals surface area (Å²) in [7, 11) is 6.05. The molecule has 10 heteroatoms. The molecule has 0 saturated carbocycles. The summed E-state index contributed by atoms with van der Waals surface area (Å²) < 4.78 is 7.96. The van der Waals surface area contributed by atoms with Gasteiger partial charge in [-0.25, -0.2) is 4.79 Å². The summed E-state index contributed by atoms with van der Waals surface area (Å²) in [4.78, 5) is 50.4. The average molecular weight is 761 g/mol. The zero-order valence-corrected chi connectivity index (χ0v) is 34.5. The molecule has 0 spiro atoms. The van der Waals surface area contributed by atoms with Crippen LogP contribution in [0.5, 0.6) is 5.75 Å². The average Bonchev–Trinajstić information content (AvgIpc) is 3.49. The number of benzene rings is 3. The van der Waals surface area contributed by atoms with E-state index < -0.39 is 6.09 Å². The summed E-state index contributed by atoms with van der Waals surface area (Å²) in [5.41, 5.74) is 9.13. The first-order valence-corrected chi connectivity index (χ1v) is 20.4. The number of rotatable bonds is 14. The van der Waals surface area contributed by atoms with Gasteiger partial charge in [0.05, 0.1) is 5.56 Å². The molecule has 298 valence electrons. The highest BCUT2D eigenvalue weighted by molar-refractivity contribution is 6.03. The maximum atomic E-state index is 14.9. The van der Waals surface area contributed by atoms with Crippen molar-refractivity contribution < 1.29 is 19.1 Å². The van der Waals surface area contributed by atoms with Crippen LogP contribution in [0.15, 0.2) is 66.7 Å². The Morgan fingerprint density at radius 1 is 0.839 bits per heavy atom. The van der Waals surface area contributed by atoms with Gasteiger partial charge in [-0.05, 0) is 106 Å². The first kappa shape index (κ1) is 40.6. The van der Waals surface area contributed by atoms with Gasteiger partial charge in [0.15, 0.2) is 0 Å². The van der Waals surface area contributed by atoms with E-state index in [1.807, 2.05) is 74.3 Å². The Hall–Kier alpha value is -5.09. The van der Waals surface area contributed by atoms with E-state index >= 15 is 0 Å². The monoisotopic (exact) mass is 760 g/mol. The van der Waals surface area contributed by atoms with Crippen LogP contribution in [0.25, 0.3) is 11.3 Å². The van der Waals surface area contributed by atoms with E-state index in [1.54, 1.807) is 11.0 Å². The summed E-state index contributed by atoms with van der Waals surface area (Å²) >= 11 is 0. The van der Waals surface area contributed by atoms with Crippen LogP contribution in [0.2, 0.25) is 0 Å². The summed E-state index contributed by atoms with van der Waals surface area (Å²) in [5.74, 6) is 0.471. The first-order chi connectivity index (χ1) is 27.0. The molecular weight excluding hydrogens is 701 g/mol. The largest absolute Gasteiger partial charge is 0.415 e. The van der Waals surface area contributed by atoms with Crippen molar-refractivity contribution in [2.75, 3.05) is 52.1 Å². The Morgan fingerprint density at radius 2 is 1.57 bits per heavy atom. The standard InChI is InChI=1S/C46H60N6O4/c1-8-10-21-50(22-11-9-2)44(53)40-29-43(49(7)33(40)4)41-26-35-19-23-51(46(55)56-39-18-14-17-38(28-39)47-20-24-48(5)6)30-37(35)27-42(41)45(54)52-31-36-16-13-12-15-34(36)25-32(52)3/h12-18,26-29,32,47H,8-11,19-25,30-31H2,1-7H3/t32-/m1/s1. The minimum atomic E-state index is -0.420. The molecule has 0 radical (unpaired) electrons. The van der Waals surface area contributed by atoms with E-state index in [9.17, 15) is 14.4 Å². The second-order valence-electron chi connectivity index (χ2n) is 15.8. The molecular formula is C46H60N6O4. The van der Waals surface area contributed by atoms with Gasteiger partial charge in [0.2, 0.25) is 0 Å². The number of unbranched alkanes of at least 4 members (excludes halogenated alkanes) is 2. The third kappa shape index (κ3) is 9.13. The van der Waals surface area contributed by atoms with Crippen molar-refractivity contribution in [2.24, 2.45) is 7.05 Å². The third-order valence-electron chi connectivity index (χ3n) is 11.4. The van der Waals surface area contributed by atoms with E-state index in [0.717, 1.165) is 97.6 Å². The van der Waals surface area contributed by atoms with Crippen molar-refractivity contribution >= 4 is 23.6 Å². The number of carbonyl (C=O) groups is 3.